The Morgan fingerprint density at radius 2 is 1.15 bits per heavy atom. The predicted molar refractivity (Wildman–Crippen MR) is 163 cm³/mol. The standard InChI is InChI=1S/C36H20N2O/c1-2-9-21(10-3-1)37-28-15-6-4-11-22(28)26-19-27-23-13-8-14-25-34-29(38(36(23)25)31(27)20-30(26)37)17-18-33-35(34)24-12-5-7-16-32(24)39-33/h1-20H. The molecular weight excluding hydrogens is 476 g/mol. The van der Waals surface area contributed by atoms with Crippen LogP contribution in [0.4, 0.5) is 0 Å². The number of furan rings is 1. The van der Waals surface area contributed by atoms with Gasteiger partial charge in [-0.25, -0.2) is 0 Å². The lowest BCUT2D eigenvalue weighted by Gasteiger charge is -2.08. The normalized spacial score (nSPS) is 12.6. The van der Waals surface area contributed by atoms with Gasteiger partial charge in [-0.2, -0.15) is 0 Å². The number of nitrogens with zero attached hydrogens (tertiary/aromatic N) is 2. The highest BCUT2D eigenvalue weighted by atomic mass is 16.3. The number of aromatic nitrogens is 2. The summed E-state index contributed by atoms with van der Waals surface area (Å²) < 4.78 is 11.2. The number of hydrogen-bond acceptors (Lipinski definition) is 1. The summed E-state index contributed by atoms with van der Waals surface area (Å²) in [4.78, 5) is 0. The summed E-state index contributed by atoms with van der Waals surface area (Å²) in [6.07, 6.45) is 0. The number of benzene rings is 6. The average Bonchev–Trinajstić information content (AvgIpc) is 3.71. The van der Waals surface area contributed by atoms with Crippen molar-refractivity contribution < 1.29 is 4.42 Å². The highest BCUT2D eigenvalue weighted by molar-refractivity contribution is 6.32. The zero-order chi connectivity index (χ0) is 25.2. The zero-order valence-corrected chi connectivity index (χ0v) is 20.8. The Hall–Kier alpha value is -5.28. The van der Waals surface area contributed by atoms with Crippen molar-refractivity contribution in [3.05, 3.63) is 121 Å². The summed E-state index contributed by atoms with van der Waals surface area (Å²) in [6, 6.07) is 43.7. The van der Waals surface area contributed by atoms with E-state index in [4.69, 9.17) is 4.42 Å². The Morgan fingerprint density at radius 1 is 0.410 bits per heavy atom. The molecule has 3 heteroatoms. The number of rotatable bonds is 1. The highest BCUT2D eigenvalue weighted by Crippen LogP contribution is 2.45. The molecule has 10 rings (SSSR count). The maximum absolute atomic E-state index is 6.28. The molecule has 10 aromatic rings. The van der Waals surface area contributed by atoms with Gasteiger partial charge in [-0.05, 0) is 48.5 Å². The molecule has 0 unspecified atom stereocenters. The van der Waals surface area contributed by atoms with Gasteiger partial charge in [0.25, 0.3) is 0 Å². The Labute approximate surface area is 222 Å². The van der Waals surface area contributed by atoms with E-state index in [9.17, 15) is 0 Å². The Bertz CT molecular complexity index is 2600. The van der Waals surface area contributed by atoms with Gasteiger partial charge in [0.05, 0.1) is 27.6 Å². The number of hydrogen-bond donors (Lipinski definition) is 0. The van der Waals surface area contributed by atoms with Crippen molar-refractivity contribution in [1.82, 2.24) is 8.97 Å². The summed E-state index contributed by atoms with van der Waals surface area (Å²) in [6.45, 7) is 0. The molecule has 0 aliphatic carbocycles. The Kier molecular flexibility index (Phi) is 3.44. The molecular formula is C36H20N2O. The van der Waals surface area contributed by atoms with E-state index < -0.39 is 0 Å². The molecule has 4 aromatic heterocycles. The van der Waals surface area contributed by atoms with E-state index >= 15 is 0 Å². The van der Waals surface area contributed by atoms with Crippen LogP contribution in [0.1, 0.15) is 0 Å². The molecule has 0 fully saturated rings. The minimum atomic E-state index is 0.934. The topological polar surface area (TPSA) is 22.5 Å². The average molecular weight is 497 g/mol. The fraction of sp³-hybridized carbons (Fsp3) is 0. The third-order valence-corrected chi connectivity index (χ3v) is 8.63. The Balaban J connectivity index is 1.46. The molecule has 0 aliphatic heterocycles. The largest absolute Gasteiger partial charge is 0.456 e. The van der Waals surface area contributed by atoms with Gasteiger partial charge in [-0.3, -0.25) is 0 Å². The van der Waals surface area contributed by atoms with Gasteiger partial charge in [0.1, 0.15) is 11.2 Å². The summed E-state index contributed by atoms with van der Waals surface area (Å²) >= 11 is 0. The van der Waals surface area contributed by atoms with Crippen molar-refractivity contribution in [2.24, 2.45) is 0 Å². The smallest absolute Gasteiger partial charge is 0.136 e. The van der Waals surface area contributed by atoms with Crippen LogP contribution in [0.2, 0.25) is 0 Å². The first-order chi connectivity index (χ1) is 19.4. The lowest BCUT2D eigenvalue weighted by molar-refractivity contribution is 0.669. The van der Waals surface area contributed by atoms with Crippen LogP contribution >= 0.6 is 0 Å². The molecule has 6 aromatic carbocycles. The van der Waals surface area contributed by atoms with E-state index in [-0.39, 0.29) is 0 Å². The molecule has 3 nitrogen and oxygen atoms in total. The van der Waals surface area contributed by atoms with Gasteiger partial charge >= 0.3 is 0 Å². The molecule has 180 valence electrons. The Morgan fingerprint density at radius 3 is 2.08 bits per heavy atom. The third kappa shape index (κ3) is 2.31. The maximum Gasteiger partial charge on any atom is 0.136 e. The van der Waals surface area contributed by atoms with E-state index in [1.807, 2.05) is 6.07 Å². The van der Waals surface area contributed by atoms with Gasteiger partial charge in [0.2, 0.25) is 0 Å². The van der Waals surface area contributed by atoms with Crippen LogP contribution in [0.3, 0.4) is 0 Å². The van der Waals surface area contributed by atoms with E-state index in [1.165, 1.54) is 76.4 Å². The van der Waals surface area contributed by atoms with Crippen molar-refractivity contribution in [2.75, 3.05) is 0 Å². The molecule has 4 heterocycles. The molecule has 0 atom stereocenters. The van der Waals surface area contributed by atoms with Gasteiger partial charge < -0.3 is 13.4 Å². The summed E-state index contributed by atoms with van der Waals surface area (Å²) in [5.74, 6) is 0. The van der Waals surface area contributed by atoms with Crippen molar-refractivity contribution >= 4 is 81.8 Å². The predicted octanol–water partition coefficient (Wildman–Crippen LogP) is 9.83. The van der Waals surface area contributed by atoms with Crippen LogP contribution in [-0.2, 0) is 0 Å². The van der Waals surface area contributed by atoms with Crippen LogP contribution in [0.5, 0.6) is 0 Å². The summed E-state index contributed by atoms with van der Waals surface area (Å²) in [7, 11) is 0. The van der Waals surface area contributed by atoms with Gasteiger partial charge in [0.15, 0.2) is 0 Å². The van der Waals surface area contributed by atoms with Gasteiger partial charge in [0, 0.05) is 48.8 Å². The lowest BCUT2D eigenvalue weighted by Crippen LogP contribution is -1.93. The van der Waals surface area contributed by atoms with E-state index in [1.54, 1.807) is 0 Å². The van der Waals surface area contributed by atoms with Crippen LogP contribution in [0.25, 0.3) is 87.5 Å². The zero-order valence-electron chi connectivity index (χ0n) is 20.8. The van der Waals surface area contributed by atoms with Crippen molar-refractivity contribution in [1.29, 1.82) is 0 Å². The molecule has 0 bridgehead atoms. The van der Waals surface area contributed by atoms with Crippen LogP contribution in [-0.4, -0.2) is 8.97 Å². The minimum absolute atomic E-state index is 0.934. The number of fused-ring (bicyclic) bond motifs is 13. The summed E-state index contributed by atoms with van der Waals surface area (Å²) in [5.41, 5.74) is 9.23. The summed E-state index contributed by atoms with van der Waals surface area (Å²) in [5, 5.41) is 10.0. The molecule has 0 saturated heterocycles. The fourth-order valence-corrected chi connectivity index (χ4v) is 7.10. The first-order valence-electron chi connectivity index (χ1n) is 13.4. The van der Waals surface area contributed by atoms with Crippen LogP contribution in [0.15, 0.2) is 126 Å². The second kappa shape index (κ2) is 6.77. The third-order valence-electron chi connectivity index (χ3n) is 8.63. The SMILES string of the molecule is c1ccc(-n2c3ccccc3c3cc4c5cccc6c7c8c(ccc7n(c4cc32)c56)oc2ccccc28)cc1. The maximum atomic E-state index is 6.28. The second-order valence-electron chi connectivity index (χ2n) is 10.5. The second-order valence-corrected chi connectivity index (χ2v) is 10.5. The van der Waals surface area contributed by atoms with Crippen molar-refractivity contribution in [2.45, 2.75) is 0 Å². The first kappa shape index (κ1) is 19.8. The highest BCUT2D eigenvalue weighted by Gasteiger charge is 2.22. The van der Waals surface area contributed by atoms with Crippen LogP contribution in [0, 0.1) is 0 Å². The fourth-order valence-electron chi connectivity index (χ4n) is 7.10. The molecule has 0 saturated carbocycles. The van der Waals surface area contributed by atoms with Crippen molar-refractivity contribution in [3.8, 4) is 5.69 Å². The minimum Gasteiger partial charge on any atom is -0.456 e. The van der Waals surface area contributed by atoms with Crippen molar-refractivity contribution in [3.63, 3.8) is 0 Å². The van der Waals surface area contributed by atoms with E-state index in [0.717, 1.165) is 11.2 Å². The van der Waals surface area contributed by atoms with Crippen LogP contribution < -0.4 is 0 Å². The van der Waals surface area contributed by atoms with Gasteiger partial charge in [-0.15, -0.1) is 0 Å². The molecule has 0 radical (unpaired) electrons. The van der Waals surface area contributed by atoms with E-state index in [2.05, 4.69) is 124 Å². The monoisotopic (exact) mass is 496 g/mol. The first-order valence-corrected chi connectivity index (χ1v) is 13.4. The quantitative estimate of drug-likeness (QED) is 0.222. The molecule has 0 aliphatic rings. The molecule has 0 spiro atoms. The lowest BCUT2D eigenvalue weighted by atomic mass is 10.0. The number of para-hydroxylation sites is 4. The molecule has 0 N–H and O–H groups in total. The molecule has 39 heavy (non-hydrogen) atoms. The van der Waals surface area contributed by atoms with E-state index in [0.29, 0.717) is 0 Å². The van der Waals surface area contributed by atoms with Gasteiger partial charge in [-0.1, -0.05) is 72.8 Å². The molecule has 0 amide bonds.